The van der Waals surface area contributed by atoms with E-state index < -0.39 is 0 Å². The molecule has 1 saturated carbocycles. The first-order valence-corrected chi connectivity index (χ1v) is 10.1. The summed E-state index contributed by atoms with van der Waals surface area (Å²) >= 11 is 0. The van der Waals surface area contributed by atoms with Gasteiger partial charge in [-0.3, -0.25) is 19.7 Å². The Morgan fingerprint density at radius 2 is 1.79 bits per heavy atom. The first-order valence-electron chi connectivity index (χ1n) is 10.1. The van der Waals surface area contributed by atoms with Crippen LogP contribution in [0.1, 0.15) is 40.5 Å². The van der Waals surface area contributed by atoms with Crippen LogP contribution in [0.4, 0.5) is 0 Å². The number of amides is 1. The molecule has 0 bridgehead atoms. The fourth-order valence-electron chi connectivity index (χ4n) is 3.96. The van der Waals surface area contributed by atoms with Gasteiger partial charge in [-0.1, -0.05) is 24.3 Å². The molecule has 3 heterocycles. The Bertz CT molecular complexity index is 992. The van der Waals surface area contributed by atoms with Crippen molar-refractivity contribution in [2.75, 3.05) is 26.2 Å². The van der Waals surface area contributed by atoms with Crippen LogP contribution in [0.25, 0.3) is 10.9 Å². The van der Waals surface area contributed by atoms with Gasteiger partial charge in [0.1, 0.15) is 0 Å². The topological polar surface area (TPSA) is 49.3 Å². The number of hydrogen-bond donors (Lipinski definition) is 0. The lowest BCUT2D eigenvalue weighted by Gasteiger charge is -2.34. The second-order valence-electron chi connectivity index (χ2n) is 7.78. The van der Waals surface area contributed by atoms with E-state index in [4.69, 9.17) is 4.98 Å². The zero-order valence-corrected chi connectivity index (χ0v) is 15.9. The summed E-state index contributed by atoms with van der Waals surface area (Å²) in [5.74, 6) is 0.671. The van der Waals surface area contributed by atoms with Gasteiger partial charge in [0.05, 0.1) is 16.8 Å². The van der Waals surface area contributed by atoms with Crippen LogP contribution in [0.3, 0.4) is 0 Å². The lowest BCUT2D eigenvalue weighted by molar-refractivity contribution is 0.0629. The summed E-state index contributed by atoms with van der Waals surface area (Å²) in [4.78, 5) is 26.9. The number of benzene rings is 1. The zero-order valence-electron chi connectivity index (χ0n) is 15.9. The minimum Gasteiger partial charge on any atom is -0.336 e. The summed E-state index contributed by atoms with van der Waals surface area (Å²) in [6, 6.07) is 16.1. The molecule has 0 radical (unpaired) electrons. The molecular formula is C23H24N4O. The quantitative estimate of drug-likeness (QED) is 0.704. The Morgan fingerprint density at radius 1 is 1.00 bits per heavy atom. The average Bonchev–Trinajstić information content (AvgIpc) is 3.59. The molecule has 5 nitrogen and oxygen atoms in total. The highest BCUT2D eigenvalue weighted by Gasteiger charge is 2.29. The third kappa shape index (κ3) is 3.50. The van der Waals surface area contributed by atoms with Crippen LogP contribution in [0.2, 0.25) is 0 Å². The molecule has 2 aromatic heterocycles. The smallest absolute Gasteiger partial charge is 0.254 e. The maximum Gasteiger partial charge on any atom is 0.254 e. The third-order valence-corrected chi connectivity index (χ3v) is 5.73. The van der Waals surface area contributed by atoms with Crippen LogP contribution in [-0.2, 0) is 6.54 Å². The van der Waals surface area contributed by atoms with Crippen molar-refractivity contribution in [2.45, 2.75) is 25.3 Å². The van der Waals surface area contributed by atoms with Gasteiger partial charge in [-0.05, 0) is 37.1 Å². The van der Waals surface area contributed by atoms with E-state index in [2.05, 4.69) is 16.0 Å². The van der Waals surface area contributed by atoms with Crippen molar-refractivity contribution >= 4 is 16.8 Å². The number of para-hydroxylation sites is 1. The summed E-state index contributed by atoms with van der Waals surface area (Å²) in [5.41, 5.74) is 3.90. The van der Waals surface area contributed by atoms with Crippen LogP contribution in [0.15, 0.2) is 54.7 Å². The summed E-state index contributed by atoms with van der Waals surface area (Å²) in [6.07, 6.45) is 4.21. The summed E-state index contributed by atoms with van der Waals surface area (Å²) in [7, 11) is 0. The summed E-state index contributed by atoms with van der Waals surface area (Å²) in [5, 5.41) is 0.966. The van der Waals surface area contributed by atoms with Crippen LogP contribution in [0, 0.1) is 0 Å². The van der Waals surface area contributed by atoms with Gasteiger partial charge in [0.25, 0.3) is 5.91 Å². The van der Waals surface area contributed by atoms with Gasteiger partial charge in [0.15, 0.2) is 0 Å². The highest BCUT2D eigenvalue weighted by atomic mass is 16.2. The predicted molar refractivity (Wildman–Crippen MR) is 109 cm³/mol. The highest BCUT2D eigenvalue weighted by Crippen LogP contribution is 2.40. The number of hydrogen-bond acceptors (Lipinski definition) is 4. The Kier molecular flexibility index (Phi) is 4.53. The molecule has 3 aromatic rings. The van der Waals surface area contributed by atoms with Gasteiger partial charge in [-0.25, -0.2) is 0 Å². The fraction of sp³-hybridized carbons (Fsp3) is 0.348. The minimum atomic E-state index is 0.137. The fourth-order valence-corrected chi connectivity index (χ4v) is 3.96. The van der Waals surface area contributed by atoms with E-state index >= 15 is 0 Å². The molecule has 0 spiro atoms. The van der Waals surface area contributed by atoms with E-state index in [0.717, 1.165) is 60.6 Å². The predicted octanol–water partition coefficient (Wildman–Crippen LogP) is 3.47. The van der Waals surface area contributed by atoms with Gasteiger partial charge in [-0.15, -0.1) is 0 Å². The summed E-state index contributed by atoms with van der Waals surface area (Å²) < 4.78 is 0. The SMILES string of the molecule is O=C(c1cc(C2CC2)nc2ccccc12)N1CCN(Cc2ccccn2)CC1. The standard InChI is InChI=1S/C23H24N4O/c28-23(27-13-11-26(12-14-27)16-18-5-3-4-10-24-18)20-15-22(17-8-9-17)25-21-7-2-1-6-19(20)21/h1-7,10,15,17H,8-9,11-14,16H2. The molecule has 1 aliphatic carbocycles. The van der Waals surface area contributed by atoms with Crippen molar-refractivity contribution in [3.8, 4) is 0 Å². The van der Waals surface area contributed by atoms with Crippen molar-refractivity contribution in [2.24, 2.45) is 0 Å². The van der Waals surface area contributed by atoms with Gasteiger partial charge in [-0.2, -0.15) is 0 Å². The molecular weight excluding hydrogens is 348 g/mol. The second-order valence-corrected chi connectivity index (χ2v) is 7.78. The van der Waals surface area contributed by atoms with Gasteiger partial charge < -0.3 is 4.90 Å². The number of aromatic nitrogens is 2. The molecule has 28 heavy (non-hydrogen) atoms. The normalized spacial score (nSPS) is 17.8. The Hall–Kier alpha value is -2.79. The molecule has 1 saturated heterocycles. The van der Waals surface area contributed by atoms with E-state index in [9.17, 15) is 4.79 Å². The van der Waals surface area contributed by atoms with Gasteiger partial charge in [0.2, 0.25) is 0 Å². The van der Waals surface area contributed by atoms with E-state index in [1.54, 1.807) is 0 Å². The van der Waals surface area contributed by atoms with Crippen molar-refractivity contribution < 1.29 is 4.79 Å². The van der Waals surface area contributed by atoms with Gasteiger partial charge in [0, 0.05) is 55.9 Å². The molecule has 0 atom stereocenters. The van der Waals surface area contributed by atoms with Crippen molar-refractivity contribution in [3.05, 3.63) is 71.7 Å². The number of carbonyl (C=O) groups is 1. The number of nitrogens with zero attached hydrogens (tertiary/aromatic N) is 4. The number of piperazine rings is 1. The zero-order chi connectivity index (χ0) is 18.9. The molecule has 0 N–H and O–H groups in total. The molecule has 1 aromatic carbocycles. The maximum absolute atomic E-state index is 13.3. The Balaban J connectivity index is 1.33. The number of rotatable bonds is 4. The molecule has 0 unspecified atom stereocenters. The van der Waals surface area contributed by atoms with E-state index in [1.807, 2.05) is 53.6 Å². The van der Waals surface area contributed by atoms with Crippen molar-refractivity contribution in [1.29, 1.82) is 0 Å². The first-order chi connectivity index (χ1) is 13.8. The highest BCUT2D eigenvalue weighted by molar-refractivity contribution is 6.06. The lowest BCUT2D eigenvalue weighted by Crippen LogP contribution is -2.48. The van der Waals surface area contributed by atoms with E-state index in [1.165, 1.54) is 12.8 Å². The first kappa shape index (κ1) is 17.3. The molecule has 142 valence electrons. The van der Waals surface area contributed by atoms with Crippen LogP contribution >= 0.6 is 0 Å². The molecule has 5 heteroatoms. The van der Waals surface area contributed by atoms with Gasteiger partial charge >= 0.3 is 0 Å². The van der Waals surface area contributed by atoms with E-state index in [0.29, 0.717) is 5.92 Å². The molecule has 2 fully saturated rings. The molecule has 1 amide bonds. The Labute approximate surface area is 165 Å². The van der Waals surface area contributed by atoms with E-state index in [-0.39, 0.29) is 5.91 Å². The van der Waals surface area contributed by atoms with Crippen LogP contribution < -0.4 is 0 Å². The van der Waals surface area contributed by atoms with Crippen molar-refractivity contribution in [3.63, 3.8) is 0 Å². The Morgan fingerprint density at radius 3 is 2.54 bits per heavy atom. The lowest BCUT2D eigenvalue weighted by atomic mass is 10.0. The number of pyridine rings is 2. The van der Waals surface area contributed by atoms with Crippen LogP contribution in [0.5, 0.6) is 0 Å². The second kappa shape index (κ2) is 7.32. The number of carbonyl (C=O) groups excluding carboxylic acids is 1. The van der Waals surface area contributed by atoms with Crippen LogP contribution in [-0.4, -0.2) is 51.9 Å². The molecule has 2 aliphatic rings. The van der Waals surface area contributed by atoms with Crippen molar-refractivity contribution in [1.82, 2.24) is 19.8 Å². The summed E-state index contributed by atoms with van der Waals surface area (Å²) in [6.45, 7) is 4.09. The monoisotopic (exact) mass is 372 g/mol. The molecule has 1 aliphatic heterocycles. The maximum atomic E-state index is 13.3. The number of fused-ring (bicyclic) bond motifs is 1. The average molecular weight is 372 g/mol. The third-order valence-electron chi connectivity index (χ3n) is 5.73. The minimum absolute atomic E-state index is 0.137. The largest absolute Gasteiger partial charge is 0.336 e. The molecule has 5 rings (SSSR count).